The van der Waals surface area contributed by atoms with E-state index in [0.29, 0.717) is 0 Å². The van der Waals surface area contributed by atoms with Gasteiger partial charge in [0.2, 0.25) is 5.91 Å². The Hall–Kier alpha value is -1.91. The van der Waals surface area contributed by atoms with E-state index in [2.05, 4.69) is 5.32 Å². The van der Waals surface area contributed by atoms with Crippen LogP contribution in [-0.4, -0.2) is 17.0 Å². The molecule has 2 N–H and O–H groups in total. The lowest BCUT2D eigenvalue weighted by molar-refractivity contribution is -0.118. The van der Waals surface area contributed by atoms with Crippen molar-refractivity contribution in [2.24, 2.45) is 11.3 Å². The Balaban J connectivity index is 2.24. The SMILES string of the molecule is CC1(C)CC1C(=O)Nc1c(F)cccc1C(=O)O. The van der Waals surface area contributed by atoms with E-state index in [-0.39, 0.29) is 28.5 Å². The molecular weight excluding hydrogens is 237 g/mol. The van der Waals surface area contributed by atoms with E-state index in [1.165, 1.54) is 12.1 Å². The molecule has 1 atom stereocenters. The van der Waals surface area contributed by atoms with Gasteiger partial charge in [-0.3, -0.25) is 4.79 Å². The summed E-state index contributed by atoms with van der Waals surface area (Å²) >= 11 is 0. The van der Waals surface area contributed by atoms with Crippen LogP contribution >= 0.6 is 0 Å². The Morgan fingerprint density at radius 1 is 1.44 bits per heavy atom. The summed E-state index contributed by atoms with van der Waals surface area (Å²) in [5.41, 5.74) is -0.571. The van der Waals surface area contributed by atoms with Gasteiger partial charge >= 0.3 is 5.97 Å². The number of para-hydroxylation sites is 1. The largest absolute Gasteiger partial charge is 0.478 e. The number of carboxylic acids is 1. The monoisotopic (exact) mass is 251 g/mol. The molecule has 0 spiro atoms. The average molecular weight is 251 g/mol. The summed E-state index contributed by atoms with van der Waals surface area (Å²) in [5.74, 6) is -2.51. The fraction of sp³-hybridized carbons (Fsp3) is 0.385. The molecule has 1 unspecified atom stereocenters. The zero-order valence-corrected chi connectivity index (χ0v) is 10.2. The predicted molar refractivity (Wildman–Crippen MR) is 63.9 cm³/mol. The van der Waals surface area contributed by atoms with E-state index < -0.39 is 11.8 Å². The number of carbonyl (C=O) groups excluding carboxylic acids is 1. The first-order valence-electron chi connectivity index (χ1n) is 5.65. The van der Waals surface area contributed by atoms with Crippen molar-refractivity contribution in [3.05, 3.63) is 29.6 Å². The number of amides is 1. The Morgan fingerprint density at radius 3 is 2.56 bits per heavy atom. The summed E-state index contributed by atoms with van der Waals surface area (Å²) in [7, 11) is 0. The van der Waals surface area contributed by atoms with Crippen LogP contribution in [0, 0.1) is 17.2 Å². The third-order valence-corrected chi connectivity index (χ3v) is 3.32. The molecule has 0 heterocycles. The number of carboxylic acid groups (broad SMARTS) is 1. The van der Waals surface area contributed by atoms with Crippen molar-refractivity contribution in [2.75, 3.05) is 5.32 Å². The zero-order chi connectivity index (χ0) is 13.5. The van der Waals surface area contributed by atoms with Gasteiger partial charge in [0.05, 0.1) is 11.3 Å². The van der Waals surface area contributed by atoms with E-state index in [9.17, 15) is 14.0 Å². The van der Waals surface area contributed by atoms with Crippen molar-refractivity contribution in [1.82, 2.24) is 0 Å². The van der Waals surface area contributed by atoms with Crippen molar-refractivity contribution < 1.29 is 19.1 Å². The third-order valence-electron chi connectivity index (χ3n) is 3.32. The molecule has 2 rings (SSSR count). The number of benzene rings is 1. The average Bonchev–Trinajstić information content (AvgIpc) is 2.90. The summed E-state index contributed by atoms with van der Waals surface area (Å²) in [6.45, 7) is 3.88. The number of hydrogen-bond donors (Lipinski definition) is 2. The van der Waals surface area contributed by atoms with Crippen molar-refractivity contribution in [1.29, 1.82) is 0 Å². The van der Waals surface area contributed by atoms with Gasteiger partial charge in [0.15, 0.2) is 0 Å². The number of rotatable bonds is 3. The second-order valence-corrected chi connectivity index (χ2v) is 5.20. The zero-order valence-electron chi connectivity index (χ0n) is 10.2. The highest BCUT2D eigenvalue weighted by molar-refractivity contribution is 6.02. The summed E-state index contributed by atoms with van der Waals surface area (Å²) in [5, 5.41) is 11.3. The van der Waals surface area contributed by atoms with Gasteiger partial charge in [-0.25, -0.2) is 9.18 Å². The molecule has 18 heavy (non-hydrogen) atoms. The molecule has 4 nitrogen and oxygen atoms in total. The molecule has 5 heteroatoms. The Labute approximate surface area is 104 Å². The van der Waals surface area contributed by atoms with Gasteiger partial charge < -0.3 is 10.4 Å². The van der Waals surface area contributed by atoms with E-state index in [1.54, 1.807) is 0 Å². The molecule has 1 amide bonds. The molecule has 1 aromatic carbocycles. The smallest absolute Gasteiger partial charge is 0.337 e. The molecule has 0 aromatic heterocycles. The molecule has 1 aromatic rings. The molecule has 0 bridgehead atoms. The van der Waals surface area contributed by atoms with E-state index in [0.717, 1.165) is 12.5 Å². The molecule has 0 aliphatic heterocycles. The minimum absolute atomic E-state index is 0.0846. The topological polar surface area (TPSA) is 66.4 Å². The van der Waals surface area contributed by atoms with Gasteiger partial charge in [-0.05, 0) is 24.0 Å². The van der Waals surface area contributed by atoms with Gasteiger partial charge in [0.1, 0.15) is 5.82 Å². The maximum atomic E-state index is 13.6. The minimum Gasteiger partial charge on any atom is -0.478 e. The molecule has 1 fully saturated rings. The second kappa shape index (κ2) is 4.08. The lowest BCUT2D eigenvalue weighted by Gasteiger charge is -2.10. The number of carbonyl (C=O) groups is 2. The summed E-state index contributed by atoms with van der Waals surface area (Å²) < 4.78 is 13.6. The predicted octanol–water partition coefficient (Wildman–Crippen LogP) is 2.51. The van der Waals surface area contributed by atoms with Crippen LogP contribution in [0.1, 0.15) is 30.6 Å². The Bertz CT molecular complexity index is 525. The fourth-order valence-corrected chi connectivity index (χ4v) is 1.95. The maximum absolute atomic E-state index is 13.6. The standard InChI is InChI=1S/C13H14FNO3/c1-13(2)6-8(13)11(16)15-10-7(12(17)18)4-3-5-9(10)14/h3-5,8H,6H2,1-2H3,(H,15,16)(H,17,18). The van der Waals surface area contributed by atoms with Crippen LogP contribution in [0.25, 0.3) is 0 Å². The quantitative estimate of drug-likeness (QED) is 0.867. The molecule has 1 aliphatic carbocycles. The van der Waals surface area contributed by atoms with Crippen LogP contribution in [0.4, 0.5) is 10.1 Å². The first kappa shape index (κ1) is 12.5. The van der Waals surface area contributed by atoms with Gasteiger partial charge in [-0.1, -0.05) is 19.9 Å². The van der Waals surface area contributed by atoms with Gasteiger partial charge in [-0.15, -0.1) is 0 Å². The number of hydrogen-bond acceptors (Lipinski definition) is 2. The van der Waals surface area contributed by atoms with Gasteiger partial charge in [-0.2, -0.15) is 0 Å². The Morgan fingerprint density at radius 2 is 2.06 bits per heavy atom. The lowest BCUT2D eigenvalue weighted by Crippen LogP contribution is -2.19. The summed E-state index contributed by atoms with van der Waals surface area (Å²) in [6, 6.07) is 3.69. The van der Waals surface area contributed by atoms with Crippen molar-refractivity contribution in [2.45, 2.75) is 20.3 Å². The summed E-state index contributed by atoms with van der Waals surface area (Å²) in [4.78, 5) is 22.8. The van der Waals surface area contributed by atoms with Crippen LogP contribution in [0.2, 0.25) is 0 Å². The molecule has 1 saturated carbocycles. The number of nitrogens with one attached hydrogen (secondary N) is 1. The van der Waals surface area contributed by atoms with Crippen molar-refractivity contribution >= 4 is 17.6 Å². The van der Waals surface area contributed by atoms with Crippen LogP contribution < -0.4 is 5.32 Å². The fourth-order valence-electron chi connectivity index (χ4n) is 1.95. The third kappa shape index (κ3) is 2.20. The normalized spacial score (nSPS) is 20.3. The van der Waals surface area contributed by atoms with Crippen LogP contribution in [-0.2, 0) is 4.79 Å². The maximum Gasteiger partial charge on any atom is 0.337 e. The number of halogens is 1. The van der Waals surface area contributed by atoms with E-state index >= 15 is 0 Å². The van der Waals surface area contributed by atoms with Crippen LogP contribution in [0.3, 0.4) is 0 Å². The number of anilines is 1. The molecule has 0 saturated heterocycles. The van der Waals surface area contributed by atoms with Gasteiger partial charge in [0, 0.05) is 5.92 Å². The molecule has 96 valence electrons. The van der Waals surface area contributed by atoms with Crippen molar-refractivity contribution in [3.63, 3.8) is 0 Å². The van der Waals surface area contributed by atoms with Crippen molar-refractivity contribution in [3.8, 4) is 0 Å². The van der Waals surface area contributed by atoms with Gasteiger partial charge in [0.25, 0.3) is 0 Å². The highest BCUT2D eigenvalue weighted by Crippen LogP contribution is 2.52. The first-order valence-corrected chi connectivity index (χ1v) is 5.65. The first-order chi connectivity index (χ1) is 8.33. The lowest BCUT2D eigenvalue weighted by atomic mass is 10.1. The highest BCUT2D eigenvalue weighted by Gasteiger charge is 2.50. The number of aromatic carboxylic acids is 1. The molecule has 0 radical (unpaired) electrons. The molecule has 1 aliphatic rings. The van der Waals surface area contributed by atoms with Crippen LogP contribution in [0.15, 0.2) is 18.2 Å². The van der Waals surface area contributed by atoms with E-state index in [4.69, 9.17) is 5.11 Å². The summed E-state index contributed by atoms with van der Waals surface area (Å²) in [6.07, 6.45) is 0.732. The molecular formula is C13H14FNO3. The van der Waals surface area contributed by atoms with E-state index in [1.807, 2.05) is 13.8 Å². The van der Waals surface area contributed by atoms with Crippen LogP contribution in [0.5, 0.6) is 0 Å². The highest BCUT2D eigenvalue weighted by atomic mass is 19.1. The Kier molecular flexibility index (Phi) is 2.84. The minimum atomic E-state index is -1.26. The second-order valence-electron chi connectivity index (χ2n) is 5.20.